The second kappa shape index (κ2) is 3.40. The van der Waals surface area contributed by atoms with Crippen LogP contribution in [0.3, 0.4) is 0 Å². The minimum absolute atomic E-state index is 0.879. The van der Waals surface area contributed by atoms with Gasteiger partial charge in [-0.3, -0.25) is 9.69 Å². The fourth-order valence-electron chi connectivity index (χ4n) is 1.63. The summed E-state index contributed by atoms with van der Waals surface area (Å²) >= 11 is 3.34. The Balaban J connectivity index is 2.23. The first kappa shape index (κ1) is 9.00. The van der Waals surface area contributed by atoms with E-state index in [0.29, 0.717) is 0 Å². The minimum Gasteiger partial charge on any atom is -0.280 e. The summed E-state index contributed by atoms with van der Waals surface area (Å²) in [7, 11) is 0. The normalized spacial score (nSPS) is 13.2. The number of benzene rings is 1. The highest BCUT2D eigenvalue weighted by Crippen LogP contribution is 2.48. The average molecular weight is 233 g/mol. The summed E-state index contributed by atoms with van der Waals surface area (Å²) in [6, 6.07) is 7.95. The zero-order valence-corrected chi connectivity index (χ0v) is 9.35. The van der Waals surface area contributed by atoms with Gasteiger partial charge < -0.3 is 0 Å². The van der Waals surface area contributed by atoms with Gasteiger partial charge >= 0.3 is 0 Å². The molecule has 1 amide bonds. The number of anilines is 2. The summed E-state index contributed by atoms with van der Waals surface area (Å²) in [6.07, 6.45) is 0.879. The SMILES string of the molecule is O=CN1c2ccccc2Sc2cscc21. The van der Waals surface area contributed by atoms with Crippen molar-refractivity contribution in [3.05, 3.63) is 35.0 Å². The van der Waals surface area contributed by atoms with Gasteiger partial charge in [0.2, 0.25) is 6.41 Å². The zero-order chi connectivity index (χ0) is 10.3. The summed E-state index contributed by atoms with van der Waals surface area (Å²) in [5.41, 5.74) is 1.97. The lowest BCUT2D eigenvalue weighted by Crippen LogP contribution is -2.16. The van der Waals surface area contributed by atoms with E-state index in [1.165, 1.54) is 0 Å². The Morgan fingerprint density at radius 2 is 1.93 bits per heavy atom. The molecule has 0 bridgehead atoms. The van der Waals surface area contributed by atoms with E-state index in [2.05, 4.69) is 5.38 Å². The highest BCUT2D eigenvalue weighted by atomic mass is 32.2. The Bertz CT molecular complexity index is 521. The van der Waals surface area contributed by atoms with Crippen molar-refractivity contribution in [2.45, 2.75) is 9.79 Å². The molecule has 0 unspecified atom stereocenters. The number of thiophene rings is 1. The predicted molar refractivity (Wildman–Crippen MR) is 63.1 cm³/mol. The lowest BCUT2D eigenvalue weighted by Gasteiger charge is -2.25. The van der Waals surface area contributed by atoms with Gasteiger partial charge in [0.05, 0.1) is 11.4 Å². The largest absolute Gasteiger partial charge is 0.280 e. The lowest BCUT2D eigenvalue weighted by atomic mass is 10.3. The second-order valence-electron chi connectivity index (χ2n) is 3.17. The number of rotatable bonds is 1. The van der Waals surface area contributed by atoms with Crippen LogP contribution in [0.5, 0.6) is 0 Å². The van der Waals surface area contributed by atoms with Gasteiger partial charge in [0, 0.05) is 20.6 Å². The predicted octanol–water partition coefficient (Wildman–Crippen LogP) is 3.51. The van der Waals surface area contributed by atoms with E-state index in [9.17, 15) is 4.79 Å². The number of nitrogens with zero attached hydrogens (tertiary/aromatic N) is 1. The van der Waals surface area contributed by atoms with Crippen molar-refractivity contribution < 1.29 is 4.79 Å². The van der Waals surface area contributed by atoms with Crippen LogP contribution in [-0.2, 0) is 4.79 Å². The van der Waals surface area contributed by atoms with Crippen LogP contribution in [0.1, 0.15) is 0 Å². The number of hydrogen-bond donors (Lipinski definition) is 0. The molecule has 2 aromatic rings. The standard InChI is InChI=1S/C11H7NOS2/c13-7-12-8-3-1-2-4-10(8)15-11-6-14-5-9(11)12/h1-7H. The third-order valence-corrected chi connectivity index (χ3v) is 4.31. The molecule has 0 aliphatic carbocycles. The van der Waals surface area contributed by atoms with Crippen molar-refractivity contribution in [1.29, 1.82) is 0 Å². The molecule has 2 heterocycles. The summed E-state index contributed by atoms with van der Waals surface area (Å²) < 4.78 is 0. The summed E-state index contributed by atoms with van der Waals surface area (Å²) in [4.78, 5) is 15.1. The third-order valence-electron chi connectivity index (χ3n) is 2.32. The highest BCUT2D eigenvalue weighted by molar-refractivity contribution is 7.99. The topological polar surface area (TPSA) is 20.3 Å². The Morgan fingerprint density at radius 3 is 2.80 bits per heavy atom. The maximum absolute atomic E-state index is 11.1. The molecule has 0 radical (unpaired) electrons. The van der Waals surface area contributed by atoms with Crippen LogP contribution in [0.4, 0.5) is 11.4 Å². The van der Waals surface area contributed by atoms with Crippen molar-refractivity contribution >= 4 is 40.9 Å². The molecule has 1 aliphatic heterocycles. The Morgan fingerprint density at radius 1 is 1.07 bits per heavy atom. The van der Waals surface area contributed by atoms with Crippen LogP contribution in [0.15, 0.2) is 44.8 Å². The van der Waals surface area contributed by atoms with Gasteiger partial charge in [0.15, 0.2) is 0 Å². The van der Waals surface area contributed by atoms with E-state index in [1.54, 1.807) is 28.0 Å². The fourth-order valence-corrected chi connectivity index (χ4v) is 3.67. The molecular formula is C11H7NOS2. The van der Waals surface area contributed by atoms with Crippen LogP contribution in [0, 0.1) is 0 Å². The van der Waals surface area contributed by atoms with Gasteiger partial charge in [-0.1, -0.05) is 23.9 Å². The maximum atomic E-state index is 11.1. The summed E-state index contributed by atoms with van der Waals surface area (Å²) in [6.45, 7) is 0. The molecule has 1 aromatic heterocycles. The molecular weight excluding hydrogens is 226 g/mol. The van der Waals surface area contributed by atoms with E-state index < -0.39 is 0 Å². The zero-order valence-electron chi connectivity index (χ0n) is 7.71. The van der Waals surface area contributed by atoms with Crippen molar-refractivity contribution in [1.82, 2.24) is 0 Å². The van der Waals surface area contributed by atoms with Gasteiger partial charge in [-0.05, 0) is 12.1 Å². The molecule has 0 N–H and O–H groups in total. The maximum Gasteiger partial charge on any atom is 0.218 e. The van der Waals surface area contributed by atoms with Crippen LogP contribution in [0.2, 0.25) is 0 Å². The molecule has 1 aromatic carbocycles. The average Bonchev–Trinajstić information content (AvgIpc) is 2.73. The van der Waals surface area contributed by atoms with Crippen molar-refractivity contribution in [3.8, 4) is 0 Å². The number of carbonyl (C=O) groups excluding carboxylic acids is 1. The fraction of sp³-hybridized carbons (Fsp3) is 0. The molecule has 0 spiro atoms. The first-order valence-electron chi connectivity index (χ1n) is 4.48. The van der Waals surface area contributed by atoms with Gasteiger partial charge in [0.1, 0.15) is 0 Å². The molecule has 0 saturated carbocycles. The van der Waals surface area contributed by atoms with E-state index in [0.717, 1.165) is 27.6 Å². The first-order valence-corrected chi connectivity index (χ1v) is 6.23. The number of hydrogen-bond acceptors (Lipinski definition) is 3. The number of fused-ring (bicyclic) bond motifs is 2. The monoisotopic (exact) mass is 233 g/mol. The molecule has 74 valence electrons. The van der Waals surface area contributed by atoms with Crippen LogP contribution in [-0.4, -0.2) is 6.41 Å². The minimum atomic E-state index is 0.879. The van der Waals surface area contributed by atoms with Gasteiger partial charge in [-0.2, -0.15) is 0 Å². The van der Waals surface area contributed by atoms with Crippen molar-refractivity contribution in [3.63, 3.8) is 0 Å². The smallest absolute Gasteiger partial charge is 0.218 e. The van der Waals surface area contributed by atoms with Gasteiger partial charge in [-0.15, -0.1) is 11.3 Å². The summed E-state index contributed by atoms with van der Waals surface area (Å²) in [5.74, 6) is 0. The van der Waals surface area contributed by atoms with E-state index >= 15 is 0 Å². The Labute approximate surface area is 95.5 Å². The summed E-state index contributed by atoms with van der Waals surface area (Å²) in [5, 5.41) is 4.08. The quantitative estimate of drug-likeness (QED) is 0.702. The molecule has 15 heavy (non-hydrogen) atoms. The first-order chi connectivity index (χ1) is 7.40. The number of carbonyl (C=O) groups is 1. The number of amides is 1. The highest BCUT2D eigenvalue weighted by Gasteiger charge is 2.22. The van der Waals surface area contributed by atoms with Crippen molar-refractivity contribution in [2.75, 3.05) is 4.90 Å². The van der Waals surface area contributed by atoms with Crippen molar-refractivity contribution in [2.24, 2.45) is 0 Å². The van der Waals surface area contributed by atoms with Crippen LogP contribution >= 0.6 is 23.1 Å². The van der Waals surface area contributed by atoms with Gasteiger partial charge in [0.25, 0.3) is 0 Å². The molecule has 3 rings (SSSR count). The third kappa shape index (κ3) is 1.29. The number of para-hydroxylation sites is 1. The molecule has 1 aliphatic rings. The molecule has 0 fully saturated rings. The van der Waals surface area contributed by atoms with E-state index in [1.807, 2.05) is 29.6 Å². The lowest BCUT2D eigenvalue weighted by molar-refractivity contribution is -0.106. The molecule has 0 saturated heterocycles. The van der Waals surface area contributed by atoms with E-state index in [-0.39, 0.29) is 0 Å². The van der Waals surface area contributed by atoms with Crippen LogP contribution < -0.4 is 4.90 Å². The molecule has 0 atom stereocenters. The van der Waals surface area contributed by atoms with Crippen LogP contribution in [0.25, 0.3) is 0 Å². The molecule has 4 heteroatoms. The molecule has 2 nitrogen and oxygen atoms in total. The van der Waals surface area contributed by atoms with E-state index in [4.69, 9.17) is 0 Å². The Kier molecular flexibility index (Phi) is 2.04. The van der Waals surface area contributed by atoms with Gasteiger partial charge in [-0.25, -0.2) is 0 Å². The Hall–Kier alpha value is -1.26. The second-order valence-corrected chi connectivity index (χ2v) is 4.99.